The Morgan fingerprint density at radius 3 is 3.10 bits per heavy atom. The zero-order chi connectivity index (χ0) is 20.2. The highest BCUT2D eigenvalue weighted by atomic mass is 35.5. The van der Waals surface area contributed by atoms with Crippen molar-refractivity contribution in [2.24, 2.45) is 4.99 Å². The lowest BCUT2D eigenvalue weighted by molar-refractivity contribution is 0.0936. The number of allylic oxidation sites excluding steroid dienone is 1. The quantitative estimate of drug-likeness (QED) is 0.560. The Morgan fingerprint density at radius 1 is 1.34 bits per heavy atom. The number of pyridine rings is 1. The summed E-state index contributed by atoms with van der Waals surface area (Å²) in [5.74, 6) is 0.0445. The number of aromatic amines is 2. The van der Waals surface area contributed by atoms with E-state index < -0.39 is 0 Å². The molecule has 0 spiro atoms. The van der Waals surface area contributed by atoms with E-state index in [1.807, 2.05) is 36.8 Å². The minimum absolute atomic E-state index is 0.0445. The summed E-state index contributed by atoms with van der Waals surface area (Å²) in [4.78, 5) is 29.7. The zero-order valence-corrected chi connectivity index (χ0v) is 16.9. The molecule has 0 bridgehead atoms. The van der Waals surface area contributed by atoms with Crippen LogP contribution in [0.2, 0.25) is 5.02 Å². The van der Waals surface area contributed by atoms with Gasteiger partial charge in [0.2, 0.25) is 0 Å². The number of rotatable bonds is 7. The number of fused-ring (bicyclic) bond motifs is 1. The minimum atomic E-state index is 0.0445. The molecule has 0 amide bonds. The van der Waals surface area contributed by atoms with Gasteiger partial charge in [0, 0.05) is 60.5 Å². The molecule has 0 aliphatic carbocycles. The Morgan fingerprint density at radius 2 is 2.24 bits per heavy atom. The molecule has 1 aliphatic heterocycles. The first-order valence-corrected chi connectivity index (χ1v) is 9.96. The highest BCUT2D eigenvalue weighted by molar-refractivity contribution is 6.34. The number of likely N-dealkylation sites (N-methyl/N-ethyl adjacent to an activating group) is 1. The molecule has 2 N–H and O–H groups in total. The van der Waals surface area contributed by atoms with E-state index in [1.165, 1.54) is 5.57 Å². The Kier molecular flexibility index (Phi) is 5.74. The molecule has 0 radical (unpaired) electrons. The van der Waals surface area contributed by atoms with Crippen LogP contribution in [0.1, 0.15) is 23.8 Å². The van der Waals surface area contributed by atoms with Crippen LogP contribution in [-0.2, 0) is 0 Å². The number of hydrogen-bond donors (Lipinski definition) is 2. The molecule has 0 fully saturated rings. The summed E-state index contributed by atoms with van der Waals surface area (Å²) in [5.41, 5.74) is 4.25. The van der Waals surface area contributed by atoms with Crippen LogP contribution in [0.4, 0.5) is 0 Å². The van der Waals surface area contributed by atoms with E-state index in [1.54, 1.807) is 12.4 Å². The Bertz CT molecular complexity index is 1120. The highest BCUT2D eigenvalue weighted by Gasteiger charge is 2.17. The summed E-state index contributed by atoms with van der Waals surface area (Å²) in [7, 11) is 0. The monoisotopic (exact) mass is 407 g/mol. The molecule has 0 saturated heterocycles. The number of carbonyl (C=O) groups is 1. The van der Waals surface area contributed by atoms with Gasteiger partial charge in [-0.25, -0.2) is 4.98 Å². The molecule has 4 rings (SSSR count). The van der Waals surface area contributed by atoms with Crippen LogP contribution in [0.25, 0.3) is 22.2 Å². The van der Waals surface area contributed by atoms with Gasteiger partial charge in [0.05, 0.1) is 17.3 Å². The molecule has 0 aromatic carbocycles. The lowest BCUT2D eigenvalue weighted by atomic mass is 10.1. The number of ketones is 1. The molecule has 7 heteroatoms. The third kappa shape index (κ3) is 4.23. The molecular weight excluding hydrogens is 386 g/mol. The summed E-state index contributed by atoms with van der Waals surface area (Å²) >= 11 is 6.41. The average Bonchev–Trinajstić information content (AvgIpc) is 3.32. The van der Waals surface area contributed by atoms with E-state index in [2.05, 4.69) is 37.8 Å². The van der Waals surface area contributed by atoms with Crippen molar-refractivity contribution >= 4 is 34.6 Å². The number of carbonyl (C=O) groups excluding carboxylic acids is 1. The Hall–Kier alpha value is -2.96. The number of hydrogen-bond acceptors (Lipinski definition) is 4. The fourth-order valence-corrected chi connectivity index (χ4v) is 3.71. The summed E-state index contributed by atoms with van der Waals surface area (Å²) in [6, 6.07) is 3.80. The Labute approximate surface area is 174 Å². The van der Waals surface area contributed by atoms with Gasteiger partial charge in [0.1, 0.15) is 5.65 Å². The molecule has 6 nitrogen and oxygen atoms in total. The zero-order valence-electron chi connectivity index (χ0n) is 16.2. The summed E-state index contributed by atoms with van der Waals surface area (Å²) < 4.78 is 0. The van der Waals surface area contributed by atoms with Crippen molar-refractivity contribution in [1.82, 2.24) is 19.9 Å². The van der Waals surface area contributed by atoms with Crippen molar-refractivity contribution in [2.45, 2.75) is 13.3 Å². The number of aromatic nitrogens is 3. The standard InChI is InChI=1S/C22H22ClN5O/c1-2-28(13-15-4-3-7-24-8-5-15)14-20(29)19-10-16(11-26-19)21-17-6-9-25-22(17)27-12-18(21)23/h4-12,26H,2-3,13-14H2,1H3,(H,25,27). The van der Waals surface area contributed by atoms with Crippen LogP contribution in [0.15, 0.2) is 59.6 Å². The van der Waals surface area contributed by atoms with Crippen molar-refractivity contribution < 1.29 is 4.79 Å². The van der Waals surface area contributed by atoms with Gasteiger partial charge in [-0.15, -0.1) is 0 Å². The molecule has 4 heterocycles. The van der Waals surface area contributed by atoms with Crippen molar-refractivity contribution in [1.29, 1.82) is 0 Å². The van der Waals surface area contributed by atoms with E-state index in [4.69, 9.17) is 11.6 Å². The maximum absolute atomic E-state index is 12.9. The van der Waals surface area contributed by atoms with E-state index >= 15 is 0 Å². The number of aliphatic imine (C=N–C) groups is 1. The number of nitrogens with one attached hydrogen (secondary N) is 2. The van der Waals surface area contributed by atoms with Gasteiger partial charge in [-0.05, 0) is 30.3 Å². The smallest absolute Gasteiger partial charge is 0.192 e. The first kappa shape index (κ1) is 19.4. The van der Waals surface area contributed by atoms with Crippen LogP contribution >= 0.6 is 11.6 Å². The molecule has 29 heavy (non-hydrogen) atoms. The van der Waals surface area contributed by atoms with Crippen molar-refractivity contribution in [3.63, 3.8) is 0 Å². The van der Waals surface area contributed by atoms with Crippen LogP contribution in [0, 0.1) is 0 Å². The molecule has 0 atom stereocenters. The van der Waals surface area contributed by atoms with Gasteiger partial charge in [-0.2, -0.15) is 0 Å². The maximum atomic E-state index is 12.9. The van der Waals surface area contributed by atoms with Gasteiger partial charge >= 0.3 is 0 Å². The van der Waals surface area contributed by atoms with Crippen molar-refractivity contribution in [2.75, 3.05) is 19.6 Å². The third-order valence-corrected chi connectivity index (χ3v) is 5.29. The van der Waals surface area contributed by atoms with Crippen LogP contribution in [-0.4, -0.2) is 51.5 Å². The number of nitrogens with zero attached hydrogens (tertiary/aromatic N) is 3. The largest absolute Gasteiger partial charge is 0.358 e. The number of halogens is 1. The van der Waals surface area contributed by atoms with Gasteiger partial charge in [-0.1, -0.05) is 24.6 Å². The first-order valence-electron chi connectivity index (χ1n) is 9.59. The lowest BCUT2D eigenvalue weighted by Gasteiger charge is -2.19. The molecule has 148 valence electrons. The predicted molar refractivity (Wildman–Crippen MR) is 118 cm³/mol. The second-order valence-corrected chi connectivity index (χ2v) is 7.32. The van der Waals surface area contributed by atoms with Crippen LogP contribution in [0.3, 0.4) is 0 Å². The molecule has 0 saturated carbocycles. The number of H-pyrrole nitrogens is 2. The highest BCUT2D eigenvalue weighted by Crippen LogP contribution is 2.34. The second-order valence-electron chi connectivity index (χ2n) is 6.91. The maximum Gasteiger partial charge on any atom is 0.192 e. The first-order chi connectivity index (χ1) is 14.2. The fraction of sp³-hybridized carbons (Fsp3) is 0.227. The molecule has 1 aliphatic rings. The Balaban J connectivity index is 1.51. The SMILES string of the molecule is CCN(CC(=O)c1cc(-c2c(Cl)cnc3[nH]ccc23)c[nH]1)CC1=CCC=NC=C1. The predicted octanol–water partition coefficient (Wildman–Crippen LogP) is 4.63. The molecular formula is C22H22ClN5O. The summed E-state index contributed by atoms with van der Waals surface area (Å²) in [6.45, 7) is 3.90. The third-order valence-electron chi connectivity index (χ3n) is 5.00. The van der Waals surface area contributed by atoms with E-state index in [0.717, 1.165) is 41.7 Å². The van der Waals surface area contributed by atoms with Gasteiger partial charge in [0.15, 0.2) is 5.78 Å². The van der Waals surface area contributed by atoms with E-state index in [9.17, 15) is 4.79 Å². The van der Waals surface area contributed by atoms with Crippen molar-refractivity contribution in [3.05, 3.63) is 65.4 Å². The minimum Gasteiger partial charge on any atom is -0.358 e. The van der Waals surface area contributed by atoms with E-state index in [-0.39, 0.29) is 5.78 Å². The normalized spacial score (nSPS) is 13.8. The summed E-state index contributed by atoms with van der Waals surface area (Å²) in [6.07, 6.45) is 13.9. The van der Waals surface area contributed by atoms with Crippen LogP contribution in [0.5, 0.6) is 0 Å². The molecule has 0 unspecified atom stereocenters. The molecule has 3 aromatic rings. The molecule has 3 aromatic heterocycles. The van der Waals surface area contributed by atoms with Gasteiger partial charge < -0.3 is 9.97 Å². The summed E-state index contributed by atoms with van der Waals surface area (Å²) in [5, 5.41) is 1.49. The van der Waals surface area contributed by atoms with Crippen molar-refractivity contribution in [3.8, 4) is 11.1 Å². The van der Waals surface area contributed by atoms with Crippen LogP contribution < -0.4 is 0 Å². The number of Topliss-reactive ketones (excluding diaryl/α,β-unsaturated/α-hetero) is 1. The topological polar surface area (TPSA) is 77.1 Å². The fourth-order valence-electron chi connectivity index (χ4n) is 3.45. The average molecular weight is 408 g/mol. The van der Waals surface area contributed by atoms with Gasteiger partial charge in [0.25, 0.3) is 0 Å². The second kappa shape index (κ2) is 8.59. The van der Waals surface area contributed by atoms with E-state index in [0.29, 0.717) is 17.3 Å². The van der Waals surface area contributed by atoms with Gasteiger partial charge in [-0.3, -0.25) is 14.7 Å². The lowest BCUT2D eigenvalue weighted by Crippen LogP contribution is -2.31.